The van der Waals surface area contributed by atoms with Crippen LogP contribution in [0.1, 0.15) is 22.8 Å². The Kier molecular flexibility index (Phi) is 5.39. The van der Waals surface area contributed by atoms with Gasteiger partial charge in [0.05, 0.1) is 22.1 Å². The van der Waals surface area contributed by atoms with Gasteiger partial charge in [-0.3, -0.25) is 0 Å². The van der Waals surface area contributed by atoms with Crippen molar-refractivity contribution in [3.8, 4) is 12.8 Å². The average Bonchev–Trinajstić information content (AvgIpc) is 3.09. The van der Waals surface area contributed by atoms with E-state index in [0.717, 1.165) is 33.7 Å². The first-order valence-electron chi connectivity index (χ1n) is 7.70. The minimum absolute atomic E-state index is 0.977. The topological polar surface area (TPSA) is 57.4 Å². The Hall–Kier alpha value is -3.06. The summed E-state index contributed by atoms with van der Waals surface area (Å²) < 4.78 is 0. The number of benzene rings is 2. The van der Waals surface area contributed by atoms with Crippen LogP contribution in [0.5, 0.6) is 0 Å². The lowest BCUT2D eigenvalue weighted by Crippen LogP contribution is -1.71. The van der Waals surface area contributed by atoms with Gasteiger partial charge >= 0.3 is 0 Å². The Morgan fingerprint density at radius 1 is 0.667 bits per heavy atom. The zero-order valence-corrected chi connectivity index (χ0v) is 14.5. The number of nitrogens with one attached hydrogen (secondary N) is 2. The SMILES string of the molecule is C#C.Cc1ccc2nc(C)[nH]c2c1.Cc1ccc2nc(C)[nH]c2c1. The van der Waals surface area contributed by atoms with Gasteiger partial charge in [0.15, 0.2) is 0 Å². The molecule has 0 fully saturated rings. The van der Waals surface area contributed by atoms with Crippen LogP contribution in [0.25, 0.3) is 22.1 Å². The second-order valence-corrected chi connectivity index (χ2v) is 5.69. The van der Waals surface area contributed by atoms with Crippen LogP contribution in [0.15, 0.2) is 36.4 Å². The van der Waals surface area contributed by atoms with Crippen molar-refractivity contribution < 1.29 is 0 Å². The van der Waals surface area contributed by atoms with Crippen LogP contribution in [-0.4, -0.2) is 19.9 Å². The smallest absolute Gasteiger partial charge is 0.104 e. The summed E-state index contributed by atoms with van der Waals surface area (Å²) in [7, 11) is 0. The highest BCUT2D eigenvalue weighted by atomic mass is 14.9. The molecule has 2 heterocycles. The third-order valence-electron chi connectivity index (χ3n) is 3.51. The molecule has 2 N–H and O–H groups in total. The van der Waals surface area contributed by atoms with E-state index in [-0.39, 0.29) is 0 Å². The molecule has 0 aliphatic rings. The van der Waals surface area contributed by atoms with Gasteiger partial charge in [-0.05, 0) is 63.1 Å². The number of fused-ring (bicyclic) bond motifs is 2. The summed E-state index contributed by atoms with van der Waals surface area (Å²) in [5.41, 5.74) is 6.88. The van der Waals surface area contributed by atoms with Crippen LogP contribution in [0.3, 0.4) is 0 Å². The highest BCUT2D eigenvalue weighted by molar-refractivity contribution is 5.76. The number of H-pyrrole nitrogens is 2. The number of nitrogens with zero attached hydrogens (tertiary/aromatic N) is 2. The highest BCUT2D eigenvalue weighted by Crippen LogP contribution is 2.13. The predicted molar refractivity (Wildman–Crippen MR) is 101 cm³/mol. The molecule has 0 radical (unpaired) electrons. The van der Waals surface area contributed by atoms with Gasteiger partial charge in [0.25, 0.3) is 0 Å². The van der Waals surface area contributed by atoms with E-state index in [1.54, 1.807) is 0 Å². The number of aromatic amines is 2. The van der Waals surface area contributed by atoms with Crippen molar-refractivity contribution in [3.63, 3.8) is 0 Å². The fourth-order valence-corrected chi connectivity index (χ4v) is 2.50. The largest absolute Gasteiger partial charge is 0.342 e. The van der Waals surface area contributed by atoms with Crippen molar-refractivity contribution in [2.75, 3.05) is 0 Å². The third-order valence-corrected chi connectivity index (χ3v) is 3.51. The quantitative estimate of drug-likeness (QED) is 0.465. The van der Waals surface area contributed by atoms with Gasteiger partial charge in [0.2, 0.25) is 0 Å². The molecule has 4 nitrogen and oxygen atoms in total. The highest BCUT2D eigenvalue weighted by Gasteiger charge is 1.97. The lowest BCUT2D eigenvalue weighted by atomic mass is 10.2. The maximum atomic E-state index is 4.30. The Morgan fingerprint density at radius 2 is 1.04 bits per heavy atom. The summed E-state index contributed by atoms with van der Waals surface area (Å²) in [4.78, 5) is 15.0. The maximum absolute atomic E-state index is 4.30. The lowest BCUT2D eigenvalue weighted by Gasteiger charge is -1.89. The number of hydrogen-bond donors (Lipinski definition) is 2. The van der Waals surface area contributed by atoms with Gasteiger partial charge in [-0.2, -0.15) is 0 Å². The normalized spacial score (nSPS) is 9.92. The molecule has 2 aromatic carbocycles. The number of aromatic nitrogens is 4. The summed E-state index contributed by atoms with van der Waals surface area (Å²) in [6, 6.07) is 12.4. The minimum Gasteiger partial charge on any atom is -0.342 e. The molecule has 2 aromatic heterocycles. The third kappa shape index (κ3) is 4.02. The van der Waals surface area contributed by atoms with Gasteiger partial charge in [0, 0.05) is 0 Å². The number of hydrogen-bond acceptors (Lipinski definition) is 2. The molecule has 0 saturated carbocycles. The zero-order valence-electron chi connectivity index (χ0n) is 14.5. The molecule has 4 heteroatoms. The van der Waals surface area contributed by atoms with E-state index in [2.05, 4.69) is 70.9 Å². The first-order chi connectivity index (χ1) is 11.5. The van der Waals surface area contributed by atoms with Crippen molar-refractivity contribution >= 4 is 22.1 Å². The average molecular weight is 318 g/mol. The number of aryl methyl sites for hydroxylation is 4. The fraction of sp³-hybridized carbons (Fsp3) is 0.200. The summed E-state index contributed by atoms with van der Waals surface area (Å²) in [5, 5.41) is 0. The fourth-order valence-electron chi connectivity index (χ4n) is 2.50. The molecule has 0 bridgehead atoms. The summed E-state index contributed by atoms with van der Waals surface area (Å²) >= 11 is 0. The number of imidazole rings is 2. The van der Waals surface area contributed by atoms with Gasteiger partial charge < -0.3 is 9.97 Å². The van der Waals surface area contributed by atoms with Crippen LogP contribution >= 0.6 is 0 Å². The summed E-state index contributed by atoms with van der Waals surface area (Å²) in [6.45, 7) is 8.09. The van der Waals surface area contributed by atoms with E-state index < -0.39 is 0 Å². The Morgan fingerprint density at radius 3 is 1.42 bits per heavy atom. The van der Waals surface area contributed by atoms with Crippen LogP contribution in [0.4, 0.5) is 0 Å². The number of rotatable bonds is 0. The van der Waals surface area contributed by atoms with E-state index in [1.807, 2.05) is 26.0 Å². The van der Waals surface area contributed by atoms with Crippen LogP contribution < -0.4 is 0 Å². The van der Waals surface area contributed by atoms with Gasteiger partial charge in [-0.1, -0.05) is 12.1 Å². The van der Waals surface area contributed by atoms with E-state index >= 15 is 0 Å². The molecule has 4 rings (SSSR count). The minimum atomic E-state index is 0.977. The molecule has 0 aliphatic heterocycles. The molecule has 0 atom stereocenters. The van der Waals surface area contributed by atoms with Gasteiger partial charge in [-0.25, -0.2) is 9.97 Å². The first-order valence-corrected chi connectivity index (χ1v) is 7.70. The molecular formula is C20H22N4. The standard InChI is InChI=1S/2C9H10N2.C2H2/c2*1-6-3-4-8-9(5-6)11-7(2)10-8;1-2/h2*3-5H,1-2H3,(H,10,11);1-2H. The molecular weight excluding hydrogens is 296 g/mol. The van der Waals surface area contributed by atoms with Gasteiger partial charge in [0.1, 0.15) is 11.6 Å². The molecule has 0 spiro atoms. The molecule has 0 aliphatic carbocycles. The number of terminal acetylenes is 1. The second-order valence-electron chi connectivity index (χ2n) is 5.69. The molecule has 0 unspecified atom stereocenters. The Balaban J connectivity index is 0.000000158. The van der Waals surface area contributed by atoms with Gasteiger partial charge in [-0.15, -0.1) is 12.8 Å². The predicted octanol–water partition coefficient (Wildman–Crippen LogP) is 4.61. The molecule has 122 valence electrons. The monoisotopic (exact) mass is 318 g/mol. The van der Waals surface area contributed by atoms with Crippen molar-refractivity contribution in [1.29, 1.82) is 0 Å². The van der Waals surface area contributed by atoms with Crippen molar-refractivity contribution in [3.05, 3.63) is 59.2 Å². The van der Waals surface area contributed by atoms with E-state index in [1.165, 1.54) is 11.1 Å². The first kappa shape index (κ1) is 17.3. The van der Waals surface area contributed by atoms with Crippen molar-refractivity contribution in [2.24, 2.45) is 0 Å². The summed E-state index contributed by atoms with van der Waals surface area (Å²) in [6.07, 6.45) is 8.00. The van der Waals surface area contributed by atoms with Crippen LogP contribution in [-0.2, 0) is 0 Å². The van der Waals surface area contributed by atoms with E-state index in [0.29, 0.717) is 0 Å². The van der Waals surface area contributed by atoms with E-state index in [9.17, 15) is 0 Å². The van der Waals surface area contributed by atoms with Crippen LogP contribution in [0.2, 0.25) is 0 Å². The second kappa shape index (κ2) is 7.47. The summed E-state index contributed by atoms with van der Waals surface area (Å²) in [5.74, 6) is 1.95. The Labute approximate surface area is 142 Å². The zero-order chi connectivity index (χ0) is 17.7. The molecule has 4 aromatic rings. The van der Waals surface area contributed by atoms with Crippen molar-refractivity contribution in [1.82, 2.24) is 19.9 Å². The van der Waals surface area contributed by atoms with Crippen LogP contribution in [0, 0.1) is 40.5 Å². The molecule has 0 amide bonds. The Bertz CT molecular complexity index is 895. The maximum Gasteiger partial charge on any atom is 0.104 e. The molecule has 24 heavy (non-hydrogen) atoms. The van der Waals surface area contributed by atoms with Crippen molar-refractivity contribution in [2.45, 2.75) is 27.7 Å². The van der Waals surface area contributed by atoms with E-state index in [4.69, 9.17) is 0 Å². The lowest BCUT2D eigenvalue weighted by molar-refractivity contribution is 1.17. The molecule has 0 saturated heterocycles.